The van der Waals surface area contributed by atoms with Gasteiger partial charge in [0.15, 0.2) is 0 Å². The van der Waals surface area contributed by atoms with Crippen LogP contribution < -0.4 is 10.0 Å². The molecule has 0 radical (unpaired) electrons. The number of thiophene rings is 1. The van der Waals surface area contributed by atoms with Crippen LogP contribution in [-0.2, 0) is 16.4 Å². The van der Waals surface area contributed by atoms with Gasteiger partial charge in [0.1, 0.15) is 4.21 Å². The summed E-state index contributed by atoms with van der Waals surface area (Å²) >= 11 is 1.11. The van der Waals surface area contributed by atoms with Crippen molar-refractivity contribution in [2.45, 2.75) is 24.0 Å². The minimum Gasteiger partial charge on any atom is -0.317 e. The molecule has 0 amide bonds. The van der Waals surface area contributed by atoms with Crippen molar-refractivity contribution >= 4 is 21.4 Å². The number of hydrogen-bond donors (Lipinski definition) is 2. The molecule has 0 unspecified atom stereocenters. The van der Waals surface area contributed by atoms with Crippen molar-refractivity contribution < 1.29 is 17.2 Å². The first-order chi connectivity index (χ1) is 8.45. The van der Waals surface area contributed by atoms with Crippen LogP contribution in [0.15, 0.2) is 16.3 Å². The van der Waals surface area contributed by atoms with Crippen LogP contribution in [-0.4, -0.2) is 34.5 Å². The van der Waals surface area contributed by atoms with Gasteiger partial charge in [0.05, 0.1) is 6.54 Å². The highest BCUT2D eigenvalue weighted by atomic mass is 32.2. The first-order valence-corrected chi connectivity index (χ1v) is 7.83. The van der Waals surface area contributed by atoms with Gasteiger partial charge in [0.2, 0.25) is 10.0 Å². The van der Waals surface area contributed by atoms with E-state index in [9.17, 15) is 17.2 Å². The lowest BCUT2D eigenvalue weighted by Gasteiger charge is -2.03. The third-order valence-corrected chi connectivity index (χ3v) is 5.19. The second kappa shape index (κ2) is 7.13. The molecule has 0 spiro atoms. The third kappa shape index (κ3) is 4.97. The molecule has 0 bridgehead atoms. The first-order valence-electron chi connectivity index (χ1n) is 5.53. The van der Waals surface area contributed by atoms with E-state index in [0.29, 0.717) is 0 Å². The molecule has 104 valence electrons. The molecule has 2 N–H and O–H groups in total. The molecule has 0 aromatic carbocycles. The summed E-state index contributed by atoms with van der Waals surface area (Å²) in [6, 6.07) is 3.15. The lowest BCUT2D eigenvalue weighted by atomic mass is 10.3. The van der Waals surface area contributed by atoms with Crippen LogP contribution >= 0.6 is 11.3 Å². The Bertz CT molecular complexity index is 460. The molecule has 0 saturated heterocycles. The van der Waals surface area contributed by atoms with Crippen LogP contribution in [0.3, 0.4) is 0 Å². The number of likely N-dealkylation sites (N-methyl/N-ethyl adjacent to an activating group) is 1. The topological polar surface area (TPSA) is 58.2 Å². The number of nitrogens with one attached hydrogen (secondary N) is 2. The zero-order valence-corrected chi connectivity index (χ0v) is 11.6. The van der Waals surface area contributed by atoms with Crippen molar-refractivity contribution in [1.82, 2.24) is 10.0 Å². The van der Waals surface area contributed by atoms with Gasteiger partial charge in [0.25, 0.3) is 6.43 Å². The molecule has 1 aromatic heterocycles. The number of sulfonamides is 1. The highest BCUT2D eigenvalue weighted by molar-refractivity contribution is 7.91. The van der Waals surface area contributed by atoms with Crippen molar-refractivity contribution in [2.24, 2.45) is 0 Å². The van der Waals surface area contributed by atoms with Crippen molar-refractivity contribution in [1.29, 1.82) is 0 Å². The van der Waals surface area contributed by atoms with Crippen LogP contribution in [0.2, 0.25) is 0 Å². The zero-order valence-electron chi connectivity index (χ0n) is 9.95. The summed E-state index contributed by atoms with van der Waals surface area (Å²) in [6.07, 6.45) is -1.96. The fourth-order valence-corrected chi connectivity index (χ4v) is 3.68. The average molecular weight is 298 g/mol. The summed E-state index contributed by atoms with van der Waals surface area (Å²) in [7, 11) is -3.80. The minimum atomic E-state index is -3.80. The zero-order chi connectivity index (χ0) is 13.6. The summed E-state index contributed by atoms with van der Waals surface area (Å²) in [4.78, 5) is 0.911. The van der Waals surface area contributed by atoms with Gasteiger partial charge in [-0.2, -0.15) is 0 Å². The van der Waals surface area contributed by atoms with Crippen molar-refractivity contribution in [2.75, 3.05) is 19.6 Å². The number of rotatable bonds is 8. The lowest BCUT2D eigenvalue weighted by molar-refractivity contribution is 0.153. The van der Waals surface area contributed by atoms with Crippen molar-refractivity contribution in [3.8, 4) is 0 Å². The molecule has 1 aromatic rings. The van der Waals surface area contributed by atoms with Gasteiger partial charge in [-0.3, -0.25) is 0 Å². The Hall–Kier alpha value is -0.570. The van der Waals surface area contributed by atoms with Gasteiger partial charge >= 0.3 is 0 Å². The SMILES string of the molecule is CCNCCc1ccc(S(=O)(=O)NCC(F)F)s1. The maximum Gasteiger partial charge on any atom is 0.251 e. The summed E-state index contributed by atoms with van der Waals surface area (Å²) in [5.74, 6) is 0. The number of alkyl halides is 2. The largest absolute Gasteiger partial charge is 0.317 e. The molecule has 18 heavy (non-hydrogen) atoms. The van der Waals surface area contributed by atoms with Crippen LogP contribution in [0.25, 0.3) is 0 Å². The normalized spacial score (nSPS) is 12.2. The first kappa shape index (κ1) is 15.5. The van der Waals surface area contributed by atoms with Gasteiger partial charge in [-0.1, -0.05) is 6.92 Å². The molecular formula is C10H16F2N2O2S2. The maximum atomic E-state index is 12.0. The van der Waals surface area contributed by atoms with E-state index in [0.717, 1.165) is 35.7 Å². The predicted octanol–water partition coefficient (Wildman–Crippen LogP) is 1.44. The van der Waals surface area contributed by atoms with Gasteiger partial charge in [-0.25, -0.2) is 21.9 Å². The molecule has 0 fully saturated rings. The smallest absolute Gasteiger partial charge is 0.251 e. The number of hydrogen-bond acceptors (Lipinski definition) is 4. The number of halogens is 2. The average Bonchev–Trinajstić information content (AvgIpc) is 2.76. The van der Waals surface area contributed by atoms with Crippen LogP contribution in [0.5, 0.6) is 0 Å². The van der Waals surface area contributed by atoms with E-state index in [1.54, 1.807) is 6.07 Å². The van der Waals surface area contributed by atoms with E-state index in [-0.39, 0.29) is 4.21 Å². The molecule has 0 aliphatic heterocycles. The molecular weight excluding hydrogens is 282 g/mol. The van der Waals surface area contributed by atoms with Crippen LogP contribution in [0.4, 0.5) is 8.78 Å². The van der Waals surface area contributed by atoms with Gasteiger partial charge in [-0.05, 0) is 31.6 Å². The van der Waals surface area contributed by atoms with Gasteiger partial charge in [0, 0.05) is 4.88 Å². The van der Waals surface area contributed by atoms with Gasteiger partial charge in [-0.15, -0.1) is 11.3 Å². The van der Waals surface area contributed by atoms with E-state index in [1.807, 2.05) is 11.6 Å². The summed E-state index contributed by atoms with van der Waals surface area (Å²) in [5.41, 5.74) is 0. The molecule has 0 aliphatic carbocycles. The van der Waals surface area contributed by atoms with Gasteiger partial charge < -0.3 is 5.32 Å². The van der Waals surface area contributed by atoms with Crippen molar-refractivity contribution in [3.63, 3.8) is 0 Å². The third-order valence-electron chi connectivity index (χ3n) is 2.13. The Morgan fingerprint density at radius 1 is 1.39 bits per heavy atom. The standard InChI is InChI=1S/C10H16F2N2O2S2/c1-2-13-6-5-8-3-4-10(17-8)18(15,16)14-7-9(11)12/h3-4,9,13-14H,2,5-7H2,1H3. The fraction of sp³-hybridized carbons (Fsp3) is 0.600. The van der Waals surface area contributed by atoms with Crippen LogP contribution in [0, 0.1) is 0 Å². The van der Waals surface area contributed by atoms with Crippen molar-refractivity contribution in [3.05, 3.63) is 17.0 Å². The highest BCUT2D eigenvalue weighted by Crippen LogP contribution is 2.21. The molecule has 0 aliphatic rings. The predicted molar refractivity (Wildman–Crippen MR) is 67.8 cm³/mol. The summed E-state index contributed by atoms with van der Waals surface area (Å²) < 4.78 is 49.1. The minimum absolute atomic E-state index is 0.0784. The lowest BCUT2D eigenvalue weighted by Crippen LogP contribution is -2.27. The van der Waals surface area contributed by atoms with E-state index in [4.69, 9.17) is 0 Å². The second-order valence-corrected chi connectivity index (χ2v) is 6.73. The molecule has 0 atom stereocenters. The highest BCUT2D eigenvalue weighted by Gasteiger charge is 2.18. The molecule has 1 rings (SSSR count). The summed E-state index contributed by atoms with van der Waals surface area (Å²) in [5, 5.41) is 3.13. The quantitative estimate of drug-likeness (QED) is 0.714. The molecule has 1 heterocycles. The second-order valence-electron chi connectivity index (χ2n) is 3.57. The van der Waals surface area contributed by atoms with E-state index in [2.05, 4.69) is 5.32 Å². The van der Waals surface area contributed by atoms with E-state index in [1.165, 1.54) is 6.07 Å². The Balaban J connectivity index is 2.60. The Kier molecular flexibility index (Phi) is 6.13. The van der Waals surface area contributed by atoms with Crippen LogP contribution in [0.1, 0.15) is 11.8 Å². The Morgan fingerprint density at radius 2 is 2.11 bits per heavy atom. The maximum absolute atomic E-state index is 12.0. The molecule has 4 nitrogen and oxygen atoms in total. The summed E-state index contributed by atoms with van der Waals surface area (Å²) in [6.45, 7) is 2.75. The van der Waals surface area contributed by atoms with E-state index < -0.39 is 23.0 Å². The van der Waals surface area contributed by atoms with E-state index >= 15 is 0 Å². The Morgan fingerprint density at radius 3 is 2.72 bits per heavy atom. The molecule has 8 heteroatoms. The fourth-order valence-electron chi connectivity index (χ4n) is 1.27. The molecule has 0 saturated carbocycles. The monoisotopic (exact) mass is 298 g/mol. The Labute approximate surface area is 109 Å².